The van der Waals surface area contributed by atoms with Crippen LogP contribution >= 0.6 is 0 Å². The minimum atomic E-state index is -0.189. The Morgan fingerprint density at radius 1 is 1.60 bits per heavy atom. The van der Waals surface area contributed by atoms with Crippen molar-refractivity contribution in [2.24, 2.45) is 5.92 Å². The summed E-state index contributed by atoms with van der Waals surface area (Å²) in [4.78, 5) is 13.3. The maximum atomic E-state index is 11.7. The first-order chi connectivity index (χ1) is 7.13. The van der Waals surface area contributed by atoms with Gasteiger partial charge in [-0.25, -0.2) is 0 Å². The third kappa shape index (κ3) is 1.48. The average Bonchev–Trinajstić information content (AvgIpc) is 2.71. The number of nitriles is 1. The van der Waals surface area contributed by atoms with Gasteiger partial charge in [0.1, 0.15) is 0 Å². The molecule has 1 amide bonds. The number of carbonyl (C=O) groups excluding carboxylic acids is 1. The molecule has 2 heterocycles. The molecule has 1 aromatic rings. The summed E-state index contributed by atoms with van der Waals surface area (Å²) in [5.74, 6) is -0.180. The third-order valence-corrected chi connectivity index (χ3v) is 2.67. The van der Waals surface area contributed by atoms with Crippen molar-refractivity contribution in [3.63, 3.8) is 0 Å². The Bertz CT molecular complexity index is 423. The predicted molar refractivity (Wildman–Crippen MR) is 54.1 cm³/mol. The van der Waals surface area contributed by atoms with E-state index in [0.29, 0.717) is 13.0 Å². The first-order valence-electron chi connectivity index (χ1n) is 4.85. The molecular formula is C10H12N4O. The van der Waals surface area contributed by atoms with Crippen molar-refractivity contribution in [2.45, 2.75) is 20.3 Å². The molecule has 1 atom stereocenters. The SMILES string of the molecule is Cc1n[nH]c(C)c1N1CC(C#N)CC1=O. The molecule has 15 heavy (non-hydrogen) atoms. The molecule has 1 unspecified atom stereocenters. The Kier molecular flexibility index (Phi) is 2.19. The Morgan fingerprint density at radius 3 is 2.80 bits per heavy atom. The molecule has 0 aromatic carbocycles. The van der Waals surface area contributed by atoms with Gasteiger partial charge in [-0.15, -0.1) is 0 Å². The molecule has 78 valence electrons. The van der Waals surface area contributed by atoms with E-state index < -0.39 is 0 Å². The highest BCUT2D eigenvalue weighted by atomic mass is 16.2. The van der Waals surface area contributed by atoms with Gasteiger partial charge in [-0.2, -0.15) is 10.4 Å². The van der Waals surface area contributed by atoms with Crippen molar-refractivity contribution in [1.82, 2.24) is 10.2 Å². The van der Waals surface area contributed by atoms with Crippen molar-refractivity contribution in [3.05, 3.63) is 11.4 Å². The van der Waals surface area contributed by atoms with Crippen molar-refractivity contribution in [3.8, 4) is 6.07 Å². The van der Waals surface area contributed by atoms with Gasteiger partial charge in [-0.1, -0.05) is 0 Å². The van der Waals surface area contributed by atoms with Gasteiger partial charge >= 0.3 is 0 Å². The molecule has 0 radical (unpaired) electrons. The molecule has 1 fully saturated rings. The first-order valence-corrected chi connectivity index (χ1v) is 4.85. The molecule has 0 spiro atoms. The van der Waals surface area contributed by atoms with Crippen LogP contribution in [0.2, 0.25) is 0 Å². The van der Waals surface area contributed by atoms with Crippen LogP contribution in [0.1, 0.15) is 17.8 Å². The summed E-state index contributed by atoms with van der Waals surface area (Å²) in [7, 11) is 0. The number of nitrogens with zero attached hydrogens (tertiary/aromatic N) is 3. The lowest BCUT2D eigenvalue weighted by molar-refractivity contribution is -0.117. The minimum Gasteiger partial charge on any atom is -0.308 e. The zero-order chi connectivity index (χ0) is 11.0. The van der Waals surface area contributed by atoms with E-state index in [4.69, 9.17) is 5.26 Å². The lowest BCUT2D eigenvalue weighted by Gasteiger charge is -2.15. The van der Waals surface area contributed by atoms with Gasteiger partial charge in [0.25, 0.3) is 0 Å². The minimum absolute atomic E-state index is 0.00847. The fourth-order valence-corrected chi connectivity index (χ4v) is 1.95. The number of amides is 1. The van der Waals surface area contributed by atoms with E-state index in [1.165, 1.54) is 0 Å². The van der Waals surface area contributed by atoms with Crippen LogP contribution in [0.3, 0.4) is 0 Å². The summed E-state index contributed by atoms with van der Waals surface area (Å²) in [6.07, 6.45) is 0.320. The van der Waals surface area contributed by atoms with E-state index >= 15 is 0 Å². The summed E-state index contributed by atoms with van der Waals surface area (Å²) in [6, 6.07) is 2.13. The number of nitrogens with one attached hydrogen (secondary N) is 1. The van der Waals surface area contributed by atoms with Crippen LogP contribution in [0.5, 0.6) is 0 Å². The van der Waals surface area contributed by atoms with Crippen molar-refractivity contribution >= 4 is 11.6 Å². The molecular weight excluding hydrogens is 192 g/mol. The topological polar surface area (TPSA) is 72.8 Å². The Hall–Kier alpha value is -1.83. The van der Waals surface area contributed by atoms with E-state index in [1.807, 2.05) is 13.8 Å². The number of carbonyl (C=O) groups is 1. The van der Waals surface area contributed by atoms with Gasteiger partial charge in [0.15, 0.2) is 0 Å². The van der Waals surface area contributed by atoms with Gasteiger partial charge in [-0.05, 0) is 13.8 Å². The number of H-pyrrole nitrogens is 1. The molecule has 0 bridgehead atoms. The Labute approximate surface area is 87.7 Å². The molecule has 0 saturated carbocycles. The van der Waals surface area contributed by atoms with Crippen LogP contribution in [0.4, 0.5) is 5.69 Å². The highest BCUT2D eigenvalue weighted by molar-refractivity contribution is 5.97. The zero-order valence-electron chi connectivity index (χ0n) is 8.74. The van der Waals surface area contributed by atoms with Gasteiger partial charge in [0.05, 0.1) is 29.1 Å². The van der Waals surface area contributed by atoms with Crippen molar-refractivity contribution in [1.29, 1.82) is 5.26 Å². The summed E-state index contributed by atoms with van der Waals surface area (Å²) in [5.41, 5.74) is 2.51. The van der Waals surface area contributed by atoms with Crippen LogP contribution in [0.15, 0.2) is 0 Å². The van der Waals surface area contributed by atoms with Crippen LogP contribution in [0.25, 0.3) is 0 Å². The summed E-state index contributed by atoms with van der Waals surface area (Å²) >= 11 is 0. The highest BCUT2D eigenvalue weighted by Gasteiger charge is 2.32. The second-order valence-corrected chi connectivity index (χ2v) is 3.82. The van der Waals surface area contributed by atoms with Crippen LogP contribution in [-0.2, 0) is 4.79 Å². The number of hydrogen-bond donors (Lipinski definition) is 1. The fourth-order valence-electron chi connectivity index (χ4n) is 1.95. The van der Waals surface area contributed by atoms with E-state index in [2.05, 4.69) is 16.3 Å². The Morgan fingerprint density at radius 2 is 2.33 bits per heavy atom. The molecule has 5 heteroatoms. The van der Waals surface area contributed by atoms with Gasteiger partial charge < -0.3 is 4.90 Å². The van der Waals surface area contributed by atoms with Gasteiger partial charge in [0.2, 0.25) is 5.91 Å². The van der Waals surface area contributed by atoms with Crippen molar-refractivity contribution in [2.75, 3.05) is 11.4 Å². The lowest BCUT2D eigenvalue weighted by atomic mass is 10.1. The maximum absolute atomic E-state index is 11.7. The predicted octanol–water partition coefficient (Wildman–Crippen LogP) is 0.903. The summed E-state index contributed by atoms with van der Waals surface area (Å²) in [5, 5.41) is 15.7. The summed E-state index contributed by atoms with van der Waals surface area (Å²) in [6.45, 7) is 4.21. The number of anilines is 1. The second-order valence-electron chi connectivity index (χ2n) is 3.82. The molecule has 1 aromatic heterocycles. The highest BCUT2D eigenvalue weighted by Crippen LogP contribution is 2.28. The van der Waals surface area contributed by atoms with E-state index in [1.54, 1.807) is 4.90 Å². The average molecular weight is 204 g/mol. The number of rotatable bonds is 1. The quantitative estimate of drug-likeness (QED) is 0.738. The summed E-state index contributed by atoms with van der Waals surface area (Å²) < 4.78 is 0. The number of hydrogen-bond acceptors (Lipinski definition) is 3. The zero-order valence-corrected chi connectivity index (χ0v) is 8.74. The van der Waals surface area contributed by atoms with Gasteiger partial charge in [-0.3, -0.25) is 9.89 Å². The third-order valence-electron chi connectivity index (χ3n) is 2.67. The fraction of sp³-hybridized carbons (Fsp3) is 0.500. The molecule has 5 nitrogen and oxygen atoms in total. The van der Waals surface area contributed by atoms with Crippen LogP contribution in [0, 0.1) is 31.1 Å². The standard InChI is InChI=1S/C10H12N4O/c1-6-10(7(2)13-12-6)14-5-8(4-11)3-9(14)15/h8H,3,5H2,1-2H3,(H,12,13). The normalized spacial score (nSPS) is 20.7. The van der Waals surface area contributed by atoms with Crippen molar-refractivity contribution < 1.29 is 4.79 Å². The van der Waals surface area contributed by atoms with E-state index in [0.717, 1.165) is 17.1 Å². The number of aromatic amines is 1. The molecule has 1 saturated heterocycles. The van der Waals surface area contributed by atoms with Crippen LogP contribution < -0.4 is 4.90 Å². The number of aryl methyl sites for hydroxylation is 2. The number of aromatic nitrogens is 2. The lowest BCUT2D eigenvalue weighted by Crippen LogP contribution is -2.25. The second kappa shape index (κ2) is 3.39. The first kappa shape index (κ1) is 9.71. The smallest absolute Gasteiger partial charge is 0.228 e. The van der Waals surface area contributed by atoms with Gasteiger partial charge in [0, 0.05) is 13.0 Å². The maximum Gasteiger partial charge on any atom is 0.228 e. The molecule has 1 aliphatic rings. The molecule has 0 aliphatic carbocycles. The van der Waals surface area contributed by atoms with E-state index in [9.17, 15) is 4.79 Å². The molecule has 1 N–H and O–H groups in total. The van der Waals surface area contributed by atoms with Crippen LogP contribution in [-0.4, -0.2) is 22.6 Å². The Balaban J connectivity index is 2.34. The molecule has 1 aliphatic heterocycles. The largest absolute Gasteiger partial charge is 0.308 e. The van der Waals surface area contributed by atoms with E-state index in [-0.39, 0.29) is 11.8 Å². The molecule has 2 rings (SSSR count). The monoisotopic (exact) mass is 204 g/mol.